The fourth-order valence-corrected chi connectivity index (χ4v) is 5.38. The smallest absolute Gasteiger partial charge is 0.294 e. The topological polar surface area (TPSA) is 83.0 Å². The molecule has 0 aliphatic carbocycles. The summed E-state index contributed by atoms with van der Waals surface area (Å²) in [7, 11) is 1.56. The third-order valence-electron chi connectivity index (χ3n) is 6.23. The first-order chi connectivity index (χ1) is 16.8. The molecule has 7 nitrogen and oxygen atoms in total. The van der Waals surface area contributed by atoms with Crippen molar-refractivity contribution >= 4 is 34.4 Å². The van der Waals surface area contributed by atoms with E-state index in [1.165, 1.54) is 16.2 Å². The minimum atomic E-state index is -0.814. The molecule has 182 valence electrons. The van der Waals surface area contributed by atoms with Crippen LogP contribution in [0.1, 0.15) is 45.8 Å². The molecule has 35 heavy (non-hydrogen) atoms. The predicted octanol–water partition coefficient (Wildman–Crippen LogP) is 5.40. The monoisotopic (exact) mass is 491 g/mol. The van der Waals surface area contributed by atoms with Crippen LogP contribution in [0, 0.1) is 13.8 Å². The van der Waals surface area contributed by atoms with Crippen LogP contribution in [0.5, 0.6) is 5.75 Å². The number of aryl methyl sites for hydroxylation is 2. The predicted molar refractivity (Wildman–Crippen MR) is 139 cm³/mol. The van der Waals surface area contributed by atoms with Crippen molar-refractivity contribution in [3.8, 4) is 5.75 Å². The highest BCUT2D eigenvalue weighted by molar-refractivity contribution is 7.14. The molecule has 3 aromatic rings. The first-order valence-electron chi connectivity index (χ1n) is 11.5. The molecule has 0 fully saturated rings. The van der Waals surface area contributed by atoms with Crippen LogP contribution < -0.4 is 14.5 Å². The maximum atomic E-state index is 13.7. The van der Waals surface area contributed by atoms with Crippen molar-refractivity contribution in [2.75, 3.05) is 30.0 Å². The lowest BCUT2D eigenvalue weighted by atomic mass is 9.94. The Bertz CT molecular complexity index is 1290. The molecule has 0 bridgehead atoms. The lowest BCUT2D eigenvalue weighted by Crippen LogP contribution is -2.31. The first kappa shape index (κ1) is 24.5. The fraction of sp³-hybridized carbons (Fsp3) is 0.296. The summed E-state index contributed by atoms with van der Waals surface area (Å²) in [4.78, 5) is 35.6. The molecule has 1 aliphatic heterocycles. The third-order valence-corrected chi connectivity index (χ3v) is 7.30. The van der Waals surface area contributed by atoms with Gasteiger partial charge in [0.1, 0.15) is 5.75 Å². The van der Waals surface area contributed by atoms with Crippen LogP contribution in [0.4, 0.5) is 11.4 Å². The van der Waals surface area contributed by atoms with Gasteiger partial charge in [0.2, 0.25) is 5.78 Å². The lowest BCUT2D eigenvalue weighted by Gasteiger charge is -2.28. The molecule has 0 saturated heterocycles. The molecule has 1 aromatic heterocycles. The van der Waals surface area contributed by atoms with Crippen molar-refractivity contribution in [2.24, 2.45) is 0 Å². The normalized spacial score (nSPS) is 15.6. The SMILES string of the molecule is CCN(CC)c1ccc(N2C(=O)C(O)=C(C(=O)c3sc(C)nc3C)C2c2cccc(OC)c2)cc1. The van der Waals surface area contributed by atoms with Crippen molar-refractivity contribution in [3.63, 3.8) is 0 Å². The molecule has 8 heteroatoms. The summed E-state index contributed by atoms with van der Waals surface area (Å²) in [6.45, 7) is 9.48. The van der Waals surface area contributed by atoms with Gasteiger partial charge in [0.25, 0.3) is 5.91 Å². The van der Waals surface area contributed by atoms with Gasteiger partial charge in [-0.3, -0.25) is 14.5 Å². The standard InChI is InChI=1S/C27H29N3O4S/c1-6-29(7-2)19-11-13-20(14-12-19)30-23(18-9-8-10-21(15-18)34-5)22(25(32)27(30)33)24(31)26-16(3)28-17(4)35-26/h8-15,23,32H,6-7H2,1-5H3. The van der Waals surface area contributed by atoms with Gasteiger partial charge in [-0.25, -0.2) is 4.98 Å². The number of Topliss-reactive ketones (excluding diaryl/α,β-unsaturated/α-hetero) is 1. The number of aliphatic hydroxyl groups excluding tert-OH is 1. The number of hydrogen-bond acceptors (Lipinski definition) is 7. The molecule has 1 amide bonds. The van der Waals surface area contributed by atoms with Crippen LogP contribution >= 0.6 is 11.3 Å². The number of carbonyl (C=O) groups excluding carboxylic acids is 2. The van der Waals surface area contributed by atoms with Crippen LogP contribution in [0.15, 0.2) is 59.9 Å². The van der Waals surface area contributed by atoms with Crippen molar-refractivity contribution in [1.29, 1.82) is 0 Å². The molecule has 1 N–H and O–H groups in total. The zero-order valence-electron chi connectivity index (χ0n) is 20.5. The second-order valence-corrected chi connectivity index (χ2v) is 9.49. The van der Waals surface area contributed by atoms with Crippen LogP contribution in [0.25, 0.3) is 0 Å². The highest BCUT2D eigenvalue weighted by atomic mass is 32.1. The van der Waals surface area contributed by atoms with Gasteiger partial charge in [-0.2, -0.15) is 0 Å². The van der Waals surface area contributed by atoms with Crippen molar-refractivity contribution in [1.82, 2.24) is 4.98 Å². The number of thiazole rings is 1. The van der Waals surface area contributed by atoms with E-state index in [2.05, 4.69) is 23.7 Å². The number of benzene rings is 2. The summed E-state index contributed by atoms with van der Waals surface area (Å²) in [5.74, 6) is -0.958. The molecule has 2 aromatic carbocycles. The number of nitrogens with zero attached hydrogens (tertiary/aromatic N) is 3. The zero-order chi connectivity index (χ0) is 25.3. The number of methoxy groups -OCH3 is 1. The number of rotatable bonds is 8. The van der Waals surface area contributed by atoms with Gasteiger partial charge in [-0.1, -0.05) is 12.1 Å². The lowest BCUT2D eigenvalue weighted by molar-refractivity contribution is -0.117. The summed E-state index contributed by atoms with van der Waals surface area (Å²) in [5.41, 5.74) is 2.91. The molecule has 1 atom stereocenters. The molecule has 2 heterocycles. The molecular formula is C27H29N3O4S. The summed E-state index contributed by atoms with van der Waals surface area (Å²) in [6, 6.07) is 14.0. The Morgan fingerprint density at radius 3 is 2.40 bits per heavy atom. The average Bonchev–Trinajstić information content (AvgIpc) is 3.35. The van der Waals surface area contributed by atoms with E-state index in [1.807, 2.05) is 37.3 Å². The van der Waals surface area contributed by atoms with Gasteiger partial charge in [0.05, 0.1) is 34.3 Å². The van der Waals surface area contributed by atoms with E-state index in [1.54, 1.807) is 32.2 Å². The Morgan fingerprint density at radius 2 is 1.83 bits per heavy atom. The zero-order valence-corrected chi connectivity index (χ0v) is 21.3. The number of hydrogen-bond donors (Lipinski definition) is 1. The van der Waals surface area contributed by atoms with Crippen LogP contribution in [0.3, 0.4) is 0 Å². The van der Waals surface area contributed by atoms with E-state index in [4.69, 9.17) is 4.74 Å². The van der Waals surface area contributed by atoms with Crippen LogP contribution in [-0.2, 0) is 4.79 Å². The Hall–Kier alpha value is -3.65. The van der Waals surface area contributed by atoms with Gasteiger partial charge >= 0.3 is 0 Å². The Kier molecular flexibility index (Phi) is 6.93. The summed E-state index contributed by atoms with van der Waals surface area (Å²) in [6.07, 6.45) is 0. The van der Waals surface area contributed by atoms with E-state index in [-0.39, 0.29) is 5.57 Å². The fourth-order valence-electron chi connectivity index (χ4n) is 4.51. The second-order valence-electron chi connectivity index (χ2n) is 8.28. The number of amides is 1. The molecule has 1 unspecified atom stereocenters. The quantitative estimate of drug-likeness (QED) is 0.425. The molecule has 0 saturated carbocycles. The van der Waals surface area contributed by atoms with Crippen LogP contribution in [0.2, 0.25) is 0 Å². The van der Waals surface area contributed by atoms with Gasteiger partial charge in [0, 0.05) is 24.5 Å². The maximum Gasteiger partial charge on any atom is 0.294 e. The first-order valence-corrected chi connectivity index (χ1v) is 12.4. The van der Waals surface area contributed by atoms with E-state index < -0.39 is 23.5 Å². The highest BCUT2D eigenvalue weighted by Gasteiger charge is 2.45. The summed E-state index contributed by atoms with van der Waals surface area (Å²) >= 11 is 1.26. The average molecular weight is 492 g/mol. The molecule has 1 aliphatic rings. The summed E-state index contributed by atoms with van der Waals surface area (Å²) < 4.78 is 5.40. The van der Waals surface area contributed by atoms with E-state index >= 15 is 0 Å². The van der Waals surface area contributed by atoms with Crippen molar-refractivity contribution in [3.05, 3.63) is 81.0 Å². The number of aliphatic hydroxyl groups is 1. The second kappa shape index (κ2) is 9.92. The Labute approximate surface area is 209 Å². The van der Waals surface area contributed by atoms with E-state index in [0.29, 0.717) is 27.6 Å². The van der Waals surface area contributed by atoms with Gasteiger partial charge in [-0.05, 0) is 69.7 Å². The molecule has 0 radical (unpaired) electrons. The van der Waals surface area contributed by atoms with Gasteiger partial charge in [-0.15, -0.1) is 11.3 Å². The molecule has 0 spiro atoms. The largest absolute Gasteiger partial charge is 0.503 e. The molecular weight excluding hydrogens is 462 g/mol. The maximum absolute atomic E-state index is 13.7. The van der Waals surface area contributed by atoms with Gasteiger partial charge in [0.15, 0.2) is 5.76 Å². The number of ketones is 1. The number of aromatic nitrogens is 1. The Balaban J connectivity index is 1.84. The number of ether oxygens (including phenoxy) is 1. The van der Waals surface area contributed by atoms with Crippen LogP contribution in [-0.4, -0.2) is 42.0 Å². The van der Waals surface area contributed by atoms with Crippen molar-refractivity contribution < 1.29 is 19.4 Å². The van der Waals surface area contributed by atoms with Crippen molar-refractivity contribution in [2.45, 2.75) is 33.7 Å². The number of anilines is 2. The van der Waals surface area contributed by atoms with Gasteiger partial charge < -0.3 is 14.7 Å². The molecule has 4 rings (SSSR count). The minimum absolute atomic E-state index is 0.0443. The van der Waals surface area contributed by atoms with E-state index in [0.717, 1.165) is 23.8 Å². The minimum Gasteiger partial charge on any atom is -0.503 e. The number of carbonyl (C=O) groups is 2. The summed E-state index contributed by atoms with van der Waals surface area (Å²) in [5, 5.41) is 11.8. The Morgan fingerprint density at radius 1 is 1.14 bits per heavy atom. The third kappa shape index (κ3) is 4.41. The van der Waals surface area contributed by atoms with E-state index in [9.17, 15) is 14.7 Å². The highest BCUT2D eigenvalue weighted by Crippen LogP contribution is 2.43.